The van der Waals surface area contributed by atoms with Crippen molar-refractivity contribution < 1.29 is 17.7 Å². The minimum absolute atomic E-state index is 0.0410. The zero-order valence-electron chi connectivity index (χ0n) is 18.2. The van der Waals surface area contributed by atoms with Crippen LogP contribution in [-0.2, 0) is 14.8 Å². The van der Waals surface area contributed by atoms with Crippen molar-refractivity contribution in [1.29, 1.82) is 0 Å². The number of nitrogens with zero attached hydrogens (tertiary/aromatic N) is 2. The summed E-state index contributed by atoms with van der Waals surface area (Å²) in [5, 5.41) is 6.55. The number of hydrogen-bond acceptors (Lipinski definition) is 5. The molecule has 8 heteroatoms. The second-order valence-corrected chi connectivity index (χ2v) is 9.77. The van der Waals surface area contributed by atoms with E-state index in [1.807, 2.05) is 26.8 Å². The summed E-state index contributed by atoms with van der Waals surface area (Å²) in [6.07, 6.45) is 4.54. The van der Waals surface area contributed by atoms with Gasteiger partial charge in [0.1, 0.15) is 5.69 Å². The molecule has 0 radical (unpaired) electrons. The summed E-state index contributed by atoms with van der Waals surface area (Å²) in [4.78, 5) is 11.9. The minimum atomic E-state index is -3.77. The molecule has 0 aliphatic carbocycles. The highest BCUT2D eigenvalue weighted by Gasteiger charge is 2.35. The molecule has 1 aromatic carbocycles. The van der Waals surface area contributed by atoms with E-state index in [9.17, 15) is 13.2 Å². The molecule has 3 rings (SSSR count). The Balaban J connectivity index is 1.88. The van der Waals surface area contributed by atoms with Crippen LogP contribution in [0.25, 0.3) is 12.2 Å². The van der Waals surface area contributed by atoms with Crippen LogP contribution < -0.4 is 5.32 Å². The van der Waals surface area contributed by atoms with Crippen molar-refractivity contribution in [3.63, 3.8) is 0 Å². The van der Waals surface area contributed by atoms with E-state index in [1.165, 1.54) is 9.87 Å². The van der Waals surface area contributed by atoms with Crippen LogP contribution in [0.2, 0.25) is 0 Å². The van der Waals surface area contributed by atoms with Gasteiger partial charge in [0.2, 0.25) is 15.9 Å². The summed E-state index contributed by atoms with van der Waals surface area (Å²) >= 11 is 0. The lowest BCUT2D eigenvalue weighted by molar-refractivity contribution is -0.125. The summed E-state index contributed by atoms with van der Waals surface area (Å²) in [5.41, 5.74) is 4.77. The van der Waals surface area contributed by atoms with Crippen molar-refractivity contribution in [2.45, 2.75) is 45.4 Å². The molecule has 1 amide bonds. The standard InChI is InChI=1S/C22H29N3O4S/c1-14-12-15(2)19(16(3)13-14)6-7-20-21(17(4)24-29-20)30(27,28)25-10-8-18(9-11-25)22(26)23-5/h6-7,12-13,18H,8-11H2,1-5H3,(H,23,26)/b7-6+. The van der Waals surface area contributed by atoms with Gasteiger partial charge in [0.05, 0.1) is 0 Å². The molecule has 2 aromatic rings. The van der Waals surface area contributed by atoms with Crippen LogP contribution in [0.1, 0.15) is 46.5 Å². The van der Waals surface area contributed by atoms with Crippen molar-refractivity contribution in [3.05, 3.63) is 45.8 Å². The molecule has 1 fully saturated rings. The second-order valence-electron chi connectivity index (χ2n) is 7.90. The Morgan fingerprint density at radius 1 is 1.13 bits per heavy atom. The van der Waals surface area contributed by atoms with Gasteiger partial charge in [-0.3, -0.25) is 4.79 Å². The molecule has 0 saturated carbocycles. The van der Waals surface area contributed by atoms with Crippen LogP contribution in [0.15, 0.2) is 21.6 Å². The zero-order valence-corrected chi connectivity index (χ0v) is 19.0. The molecule has 1 aliphatic rings. The molecular formula is C22H29N3O4S. The lowest BCUT2D eigenvalue weighted by Crippen LogP contribution is -2.42. The highest BCUT2D eigenvalue weighted by atomic mass is 32.2. The molecule has 30 heavy (non-hydrogen) atoms. The Kier molecular flexibility index (Phi) is 6.47. The second kappa shape index (κ2) is 8.73. The Morgan fingerprint density at radius 2 is 1.73 bits per heavy atom. The minimum Gasteiger partial charge on any atom is -0.359 e. The highest BCUT2D eigenvalue weighted by molar-refractivity contribution is 7.89. The van der Waals surface area contributed by atoms with Gasteiger partial charge in [0.25, 0.3) is 0 Å². The number of hydrogen-bond donors (Lipinski definition) is 1. The van der Waals surface area contributed by atoms with Crippen LogP contribution in [0.4, 0.5) is 0 Å². The number of aromatic nitrogens is 1. The third-order valence-electron chi connectivity index (χ3n) is 5.64. The van der Waals surface area contributed by atoms with Crippen molar-refractivity contribution in [2.24, 2.45) is 5.92 Å². The van der Waals surface area contributed by atoms with Crippen molar-refractivity contribution in [2.75, 3.05) is 20.1 Å². The van der Waals surface area contributed by atoms with E-state index >= 15 is 0 Å². The fourth-order valence-electron chi connectivity index (χ4n) is 4.10. The lowest BCUT2D eigenvalue weighted by atomic mass is 9.97. The number of carbonyl (C=O) groups excluding carboxylic acids is 1. The number of nitrogens with one attached hydrogen (secondary N) is 1. The van der Waals surface area contributed by atoms with Crippen LogP contribution in [0.3, 0.4) is 0 Å². The molecule has 1 saturated heterocycles. The maximum absolute atomic E-state index is 13.3. The Morgan fingerprint density at radius 3 is 2.30 bits per heavy atom. The average molecular weight is 432 g/mol. The Labute approximate surface area is 178 Å². The van der Waals surface area contributed by atoms with E-state index in [0.29, 0.717) is 31.6 Å². The maximum atomic E-state index is 13.3. The summed E-state index contributed by atoms with van der Waals surface area (Å²) in [7, 11) is -2.17. The number of aryl methyl sites for hydroxylation is 4. The molecule has 162 valence electrons. The van der Waals surface area contributed by atoms with E-state index in [1.54, 1.807) is 20.0 Å². The SMILES string of the molecule is CNC(=O)C1CCN(S(=O)(=O)c2c(C)noc2/C=C/c2c(C)cc(C)cc2C)CC1. The first-order chi connectivity index (χ1) is 14.1. The van der Waals surface area contributed by atoms with E-state index in [2.05, 4.69) is 22.6 Å². The number of piperidine rings is 1. The molecule has 1 aliphatic heterocycles. The summed E-state index contributed by atoms with van der Waals surface area (Å²) in [6, 6.07) is 4.18. The molecule has 0 bridgehead atoms. The average Bonchev–Trinajstić information content (AvgIpc) is 3.07. The molecule has 0 unspecified atom stereocenters. The van der Waals surface area contributed by atoms with Gasteiger partial charge >= 0.3 is 0 Å². The normalized spacial score (nSPS) is 16.3. The smallest absolute Gasteiger partial charge is 0.248 e. The first-order valence-corrected chi connectivity index (χ1v) is 11.5. The van der Waals surface area contributed by atoms with E-state index in [4.69, 9.17) is 4.52 Å². The quantitative estimate of drug-likeness (QED) is 0.785. The Hall–Kier alpha value is -2.45. The maximum Gasteiger partial charge on any atom is 0.248 e. The first kappa shape index (κ1) is 22.2. The fraction of sp³-hybridized carbons (Fsp3) is 0.455. The van der Waals surface area contributed by atoms with Gasteiger partial charge in [0, 0.05) is 26.1 Å². The van der Waals surface area contributed by atoms with Gasteiger partial charge in [-0.1, -0.05) is 28.9 Å². The number of benzene rings is 1. The van der Waals surface area contributed by atoms with Crippen LogP contribution >= 0.6 is 0 Å². The highest BCUT2D eigenvalue weighted by Crippen LogP contribution is 2.29. The van der Waals surface area contributed by atoms with Crippen LogP contribution in [-0.4, -0.2) is 43.9 Å². The molecule has 2 heterocycles. The number of carbonyl (C=O) groups is 1. The van der Waals surface area contributed by atoms with Crippen LogP contribution in [0, 0.1) is 33.6 Å². The van der Waals surface area contributed by atoms with Crippen molar-refractivity contribution in [1.82, 2.24) is 14.8 Å². The number of amides is 1. The summed E-state index contributed by atoms with van der Waals surface area (Å²) in [5.74, 6) is 0.0258. The first-order valence-electron chi connectivity index (χ1n) is 10.1. The summed E-state index contributed by atoms with van der Waals surface area (Å²) < 4.78 is 33.4. The van der Waals surface area contributed by atoms with Gasteiger partial charge in [-0.25, -0.2) is 8.42 Å². The Bertz CT molecular complexity index is 1050. The molecule has 1 N–H and O–H groups in total. The largest absolute Gasteiger partial charge is 0.359 e. The zero-order chi connectivity index (χ0) is 22.1. The summed E-state index contributed by atoms with van der Waals surface area (Å²) in [6.45, 7) is 8.33. The molecule has 1 aromatic heterocycles. The van der Waals surface area contributed by atoms with Gasteiger partial charge in [-0.05, 0) is 63.3 Å². The van der Waals surface area contributed by atoms with E-state index in [0.717, 1.165) is 16.7 Å². The van der Waals surface area contributed by atoms with E-state index < -0.39 is 10.0 Å². The van der Waals surface area contributed by atoms with Crippen LogP contribution in [0.5, 0.6) is 0 Å². The predicted molar refractivity (Wildman–Crippen MR) is 116 cm³/mol. The third-order valence-corrected chi connectivity index (χ3v) is 7.70. The molecule has 0 spiro atoms. The third kappa shape index (κ3) is 4.34. The molecule has 7 nitrogen and oxygen atoms in total. The molecular weight excluding hydrogens is 402 g/mol. The number of sulfonamides is 1. The fourth-order valence-corrected chi connectivity index (χ4v) is 5.82. The number of rotatable bonds is 5. The monoisotopic (exact) mass is 431 g/mol. The van der Waals surface area contributed by atoms with Crippen molar-refractivity contribution >= 4 is 28.1 Å². The van der Waals surface area contributed by atoms with E-state index in [-0.39, 0.29) is 22.5 Å². The predicted octanol–water partition coefficient (Wildman–Crippen LogP) is 3.23. The van der Waals surface area contributed by atoms with Gasteiger partial charge < -0.3 is 9.84 Å². The van der Waals surface area contributed by atoms with Gasteiger partial charge in [0.15, 0.2) is 10.7 Å². The lowest BCUT2D eigenvalue weighted by Gasteiger charge is -2.30. The topological polar surface area (TPSA) is 92.5 Å². The van der Waals surface area contributed by atoms with Gasteiger partial charge in [-0.15, -0.1) is 0 Å². The van der Waals surface area contributed by atoms with Gasteiger partial charge in [-0.2, -0.15) is 4.31 Å². The van der Waals surface area contributed by atoms with Crippen molar-refractivity contribution in [3.8, 4) is 0 Å². The molecule has 0 atom stereocenters.